The van der Waals surface area contributed by atoms with Gasteiger partial charge >= 0.3 is 0 Å². The molecule has 72 valence electrons. The molecule has 0 bridgehead atoms. The van der Waals surface area contributed by atoms with Crippen molar-refractivity contribution in [2.24, 2.45) is 5.73 Å². The Kier molecular flexibility index (Phi) is 2.19. The third-order valence-electron chi connectivity index (χ3n) is 1.61. The maximum Gasteiger partial charge on any atom is 0.295 e. The van der Waals surface area contributed by atoms with Gasteiger partial charge in [-0.05, 0) is 13.0 Å². The van der Waals surface area contributed by atoms with Crippen LogP contribution in [0.1, 0.15) is 18.8 Å². The van der Waals surface area contributed by atoms with Crippen molar-refractivity contribution < 1.29 is 4.52 Å². The summed E-state index contributed by atoms with van der Waals surface area (Å²) in [6.45, 7) is 1.78. The Morgan fingerprint density at radius 2 is 2.07 bits per heavy atom. The summed E-state index contributed by atoms with van der Waals surface area (Å²) in [4.78, 5) is 12.0. The molecule has 6 nitrogen and oxygen atoms in total. The number of nitrogens with two attached hydrogens (primary N) is 1. The fraction of sp³-hybridized carbons (Fsp3) is 0.250. The molecular weight excluding hydrogens is 182 g/mol. The van der Waals surface area contributed by atoms with Crippen molar-refractivity contribution in [3.8, 4) is 11.7 Å². The second-order valence-corrected chi connectivity index (χ2v) is 2.82. The van der Waals surface area contributed by atoms with Gasteiger partial charge in [0.1, 0.15) is 0 Å². The van der Waals surface area contributed by atoms with Crippen LogP contribution < -0.4 is 5.73 Å². The fourth-order valence-corrected chi connectivity index (χ4v) is 0.920. The normalized spacial score (nSPS) is 12.7. The average molecular weight is 191 g/mol. The average Bonchev–Trinajstić information content (AvgIpc) is 2.68. The minimum atomic E-state index is -0.254. The van der Waals surface area contributed by atoms with Crippen molar-refractivity contribution >= 4 is 0 Å². The Morgan fingerprint density at radius 3 is 2.64 bits per heavy atom. The topological polar surface area (TPSA) is 90.7 Å². The van der Waals surface area contributed by atoms with Gasteiger partial charge in [0.25, 0.3) is 5.89 Å². The van der Waals surface area contributed by atoms with Crippen molar-refractivity contribution in [1.29, 1.82) is 0 Å². The predicted molar refractivity (Wildman–Crippen MR) is 47.9 cm³/mol. The SMILES string of the molecule is CC(N)c1noc(-c2ncccn2)n1. The summed E-state index contributed by atoms with van der Waals surface area (Å²) < 4.78 is 4.95. The van der Waals surface area contributed by atoms with Gasteiger partial charge in [-0.2, -0.15) is 4.98 Å². The molecule has 1 atom stereocenters. The summed E-state index contributed by atoms with van der Waals surface area (Å²) >= 11 is 0. The van der Waals surface area contributed by atoms with E-state index < -0.39 is 0 Å². The molecule has 2 rings (SSSR count). The third kappa shape index (κ3) is 1.60. The largest absolute Gasteiger partial charge is 0.330 e. The van der Waals surface area contributed by atoms with Crippen molar-refractivity contribution in [3.05, 3.63) is 24.3 Å². The number of hydrogen-bond donors (Lipinski definition) is 1. The first-order valence-corrected chi connectivity index (χ1v) is 4.14. The van der Waals surface area contributed by atoms with Crippen LogP contribution in [-0.2, 0) is 0 Å². The van der Waals surface area contributed by atoms with Gasteiger partial charge in [-0.25, -0.2) is 9.97 Å². The number of rotatable bonds is 2. The van der Waals surface area contributed by atoms with E-state index in [1.807, 2.05) is 0 Å². The molecule has 0 saturated carbocycles. The van der Waals surface area contributed by atoms with E-state index in [0.29, 0.717) is 11.6 Å². The quantitative estimate of drug-likeness (QED) is 0.745. The monoisotopic (exact) mass is 191 g/mol. The Bertz CT molecular complexity index is 411. The van der Waals surface area contributed by atoms with Crippen LogP contribution in [0.3, 0.4) is 0 Å². The molecule has 0 fully saturated rings. The van der Waals surface area contributed by atoms with E-state index in [0.717, 1.165) is 0 Å². The van der Waals surface area contributed by atoms with E-state index in [1.54, 1.807) is 25.4 Å². The predicted octanol–water partition coefficient (Wildman–Crippen LogP) is 0.546. The zero-order chi connectivity index (χ0) is 9.97. The lowest BCUT2D eigenvalue weighted by atomic mass is 10.3. The van der Waals surface area contributed by atoms with Crippen LogP contribution in [0.25, 0.3) is 11.7 Å². The highest BCUT2D eigenvalue weighted by molar-refractivity contribution is 5.38. The van der Waals surface area contributed by atoms with Gasteiger partial charge in [-0.15, -0.1) is 0 Å². The molecule has 0 saturated heterocycles. The maximum atomic E-state index is 5.58. The highest BCUT2D eigenvalue weighted by Gasteiger charge is 2.12. The minimum absolute atomic E-state index is 0.254. The van der Waals surface area contributed by atoms with Crippen LogP contribution in [0.15, 0.2) is 23.0 Å². The zero-order valence-corrected chi connectivity index (χ0v) is 7.58. The highest BCUT2D eigenvalue weighted by atomic mass is 16.5. The first-order valence-electron chi connectivity index (χ1n) is 4.14. The van der Waals surface area contributed by atoms with Gasteiger partial charge in [-0.3, -0.25) is 0 Å². The second-order valence-electron chi connectivity index (χ2n) is 2.82. The van der Waals surface area contributed by atoms with E-state index in [1.165, 1.54) is 0 Å². The Hall–Kier alpha value is -1.82. The lowest BCUT2D eigenvalue weighted by Crippen LogP contribution is -2.06. The Morgan fingerprint density at radius 1 is 1.36 bits per heavy atom. The van der Waals surface area contributed by atoms with Crippen LogP contribution in [-0.4, -0.2) is 20.1 Å². The van der Waals surface area contributed by atoms with Gasteiger partial charge in [-0.1, -0.05) is 5.16 Å². The van der Waals surface area contributed by atoms with Gasteiger partial charge in [0.05, 0.1) is 6.04 Å². The number of aromatic nitrogens is 4. The van der Waals surface area contributed by atoms with E-state index in [-0.39, 0.29) is 11.9 Å². The van der Waals surface area contributed by atoms with Crippen molar-refractivity contribution in [2.45, 2.75) is 13.0 Å². The van der Waals surface area contributed by atoms with Crippen molar-refractivity contribution in [2.75, 3.05) is 0 Å². The lowest BCUT2D eigenvalue weighted by Gasteiger charge is -1.92. The molecule has 0 aliphatic heterocycles. The van der Waals surface area contributed by atoms with Crippen LogP contribution in [0.5, 0.6) is 0 Å². The van der Waals surface area contributed by atoms with Crippen molar-refractivity contribution in [1.82, 2.24) is 20.1 Å². The smallest absolute Gasteiger partial charge is 0.295 e. The number of nitrogens with zero attached hydrogens (tertiary/aromatic N) is 4. The van der Waals surface area contributed by atoms with E-state index in [9.17, 15) is 0 Å². The molecular formula is C8H9N5O. The fourth-order valence-electron chi connectivity index (χ4n) is 0.920. The molecule has 0 aliphatic rings. The molecule has 2 aromatic rings. The molecule has 0 amide bonds. The molecule has 2 heterocycles. The van der Waals surface area contributed by atoms with E-state index in [4.69, 9.17) is 10.3 Å². The van der Waals surface area contributed by atoms with Gasteiger partial charge in [0.2, 0.25) is 5.82 Å². The molecule has 0 aliphatic carbocycles. The summed E-state index contributed by atoms with van der Waals surface area (Å²) in [7, 11) is 0. The molecule has 14 heavy (non-hydrogen) atoms. The molecule has 0 radical (unpaired) electrons. The highest BCUT2D eigenvalue weighted by Crippen LogP contribution is 2.12. The molecule has 1 unspecified atom stereocenters. The molecule has 2 N–H and O–H groups in total. The van der Waals surface area contributed by atoms with Gasteiger partial charge in [0, 0.05) is 12.4 Å². The minimum Gasteiger partial charge on any atom is -0.330 e. The summed E-state index contributed by atoms with van der Waals surface area (Å²) in [6, 6.07) is 1.46. The molecule has 0 spiro atoms. The van der Waals surface area contributed by atoms with E-state index in [2.05, 4.69) is 20.1 Å². The summed E-state index contributed by atoms with van der Waals surface area (Å²) in [5.41, 5.74) is 5.58. The summed E-state index contributed by atoms with van der Waals surface area (Å²) in [5.74, 6) is 1.15. The van der Waals surface area contributed by atoms with Gasteiger partial charge < -0.3 is 10.3 Å². The Labute approximate surface area is 80.2 Å². The van der Waals surface area contributed by atoms with Crippen molar-refractivity contribution in [3.63, 3.8) is 0 Å². The van der Waals surface area contributed by atoms with Gasteiger partial charge in [0.15, 0.2) is 5.82 Å². The molecule has 0 aromatic carbocycles. The van der Waals surface area contributed by atoms with Crippen LogP contribution in [0, 0.1) is 0 Å². The summed E-state index contributed by atoms with van der Waals surface area (Å²) in [5, 5.41) is 3.70. The first kappa shape index (κ1) is 8.76. The van der Waals surface area contributed by atoms with Crippen LogP contribution in [0.4, 0.5) is 0 Å². The van der Waals surface area contributed by atoms with Crippen LogP contribution >= 0.6 is 0 Å². The zero-order valence-electron chi connectivity index (χ0n) is 7.58. The molecule has 6 heteroatoms. The second kappa shape index (κ2) is 3.51. The lowest BCUT2D eigenvalue weighted by molar-refractivity contribution is 0.415. The summed E-state index contributed by atoms with van der Waals surface area (Å²) in [6.07, 6.45) is 3.22. The Balaban J connectivity index is 2.34. The van der Waals surface area contributed by atoms with E-state index >= 15 is 0 Å². The maximum absolute atomic E-state index is 5.58. The number of hydrogen-bond acceptors (Lipinski definition) is 6. The third-order valence-corrected chi connectivity index (χ3v) is 1.61. The molecule has 2 aromatic heterocycles. The standard InChI is InChI=1S/C8H9N5O/c1-5(9)6-12-8(14-13-6)7-10-3-2-4-11-7/h2-5H,9H2,1H3. The van der Waals surface area contributed by atoms with Crippen LogP contribution in [0.2, 0.25) is 0 Å². The first-order chi connectivity index (χ1) is 6.77.